The van der Waals surface area contributed by atoms with E-state index in [2.05, 4.69) is 25.7 Å². The molecule has 0 unspecified atom stereocenters. The number of hydrogen-bond donors (Lipinski definition) is 2. The zero-order valence-corrected chi connectivity index (χ0v) is 18.7. The first kappa shape index (κ1) is 24.2. The van der Waals surface area contributed by atoms with Crippen LogP contribution in [-0.2, 0) is 22.3 Å². The smallest absolute Gasteiger partial charge is 0.382 e. The largest absolute Gasteiger partial charge is 0.433 e. The van der Waals surface area contributed by atoms with Gasteiger partial charge in [-0.1, -0.05) is 6.07 Å². The highest BCUT2D eigenvalue weighted by Crippen LogP contribution is 2.29. The molecule has 2 heterocycles. The van der Waals surface area contributed by atoms with Gasteiger partial charge in [-0.05, 0) is 50.1 Å². The Morgan fingerprint density at radius 3 is 2.64 bits per heavy atom. The Morgan fingerprint density at radius 2 is 1.94 bits per heavy atom. The molecule has 0 radical (unpaired) electrons. The van der Waals surface area contributed by atoms with Crippen molar-refractivity contribution >= 4 is 17.5 Å². The fraction of sp³-hybridized carbons (Fsp3) is 0.364. The van der Waals surface area contributed by atoms with Crippen molar-refractivity contribution in [2.45, 2.75) is 39.0 Å². The van der Waals surface area contributed by atoms with E-state index in [-0.39, 0.29) is 18.4 Å². The van der Waals surface area contributed by atoms with Gasteiger partial charge in [0.15, 0.2) is 0 Å². The lowest BCUT2D eigenvalue weighted by Gasteiger charge is -2.25. The molecule has 2 N–H and O–H groups in total. The molecule has 0 saturated heterocycles. The Hall–Kier alpha value is -3.47. The minimum absolute atomic E-state index is 0.0299. The van der Waals surface area contributed by atoms with Crippen LogP contribution < -0.4 is 10.6 Å². The summed E-state index contributed by atoms with van der Waals surface area (Å²) in [5.74, 6) is -0.368. The number of nitrogens with zero attached hydrogens (tertiary/aromatic N) is 4. The van der Waals surface area contributed by atoms with Gasteiger partial charge < -0.3 is 15.4 Å². The van der Waals surface area contributed by atoms with E-state index < -0.39 is 17.4 Å². The van der Waals surface area contributed by atoms with Gasteiger partial charge in [-0.3, -0.25) is 9.48 Å². The van der Waals surface area contributed by atoms with Gasteiger partial charge in [0.2, 0.25) is 11.9 Å². The molecule has 0 aliphatic rings. The number of aromatic nitrogens is 4. The van der Waals surface area contributed by atoms with Crippen LogP contribution in [0.4, 0.5) is 24.8 Å². The Bertz CT molecular complexity index is 1130. The number of anilines is 2. The van der Waals surface area contributed by atoms with Crippen LogP contribution in [-0.4, -0.2) is 44.9 Å². The summed E-state index contributed by atoms with van der Waals surface area (Å²) in [6, 6.07) is 6.23. The maximum atomic E-state index is 12.9. The summed E-state index contributed by atoms with van der Waals surface area (Å²) < 4.78 is 45.4. The number of alkyl halides is 3. The highest BCUT2D eigenvalue weighted by atomic mass is 19.4. The summed E-state index contributed by atoms with van der Waals surface area (Å²) in [4.78, 5) is 19.7. The first-order chi connectivity index (χ1) is 15.4. The third-order valence-electron chi connectivity index (χ3n) is 4.53. The van der Waals surface area contributed by atoms with Crippen LogP contribution in [0, 0.1) is 6.92 Å². The molecule has 0 bridgehead atoms. The third kappa shape index (κ3) is 6.75. The van der Waals surface area contributed by atoms with E-state index in [4.69, 9.17) is 4.74 Å². The number of amides is 1. The van der Waals surface area contributed by atoms with Gasteiger partial charge in [-0.2, -0.15) is 18.3 Å². The van der Waals surface area contributed by atoms with E-state index in [1.54, 1.807) is 31.6 Å². The lowest BCUT2D eigenvalue weighted by molar-refractivity contribution is -0.141. The minimum Gasteiger partial charge on any atom is -0.382 e. The number of benzene rings is 1. The predicted molar refractivity (Wildman–Crippen MR) is 117 cm³/mol. The molecule has 176 valence electrons. The van der Waals surface area contributed by atoms with Gasteiger partial charge in [0.25, 0.3) is 0 Å². The van der Waals surface area contributed by atoms with Crippen molar-refractivity contribution < 1.29 is 22.7 Å². The molecule has 0 atom stereocenters. The molecule has 8 nitrogen and oxygen atoms in total. The topological polar surface area (TPSA) is 94.0 Å². The molecular weight excluding hydrogens is 437 g/mol. The molecule has 1 amide bonds. The molecule has 0 spiro atoms. The maximum Gasteiger partial charge on any atom is 0.433 e. The van der Waals surface area contributed by atoms with Gasteiger partial charge in [-0.25, -0.2) is 9.97 Å². The first-order valence-electron chi connectivity index (χ1n) is 10.1. The molecule has 0 fully saturated rings. The van der Waals surface area contributed by atoms with Crippen LogP contribution in [0.1, 0.15) is 25.1 Å². The third-order valence-corrected chi connectivity index (χ3v) is 4.53. The summed E-state index contributed by atoms with van der Waals surface area (Å²) in [6.07, 6.45) is -0.163. The highest BCUT2D eigenvalue weighted by molar-refractivity contribution is 5.77. The van der Waals surface area contributed by atoms with Crippen LogP contribution in [0.2, 0.25) is 0 Å². The number of aryl methyl sites for hydroxylation is 1. The second-order valence-electron chi connectivity index (χ2n) is 8.27. The van der Waals surface area contributed by atoms with E-state index in [1.807, 2.05) is 26.8 Å². The molecule has 0 saturated carbocycles. The zero-order chi connectivity index (χ0) is 24.2. The van der Waals surface area contributed by atoms with E-state index in [0.717, 1.165) is 29.0 Å². The fourth-order valence-corrected chi connectivity index (χ4v) is 3.29. The van der Waals surface area contributed by atoms with Crippen LogP contribution >= 0.6 is 0 Å². The van der Waals surface area contributed by atoms with Crippen molar-refractivity contribution in [1.29, 1.82) is 0 Å². The summed E-state index contributed by atoms with van der Waals surface area (Å²) in [5.41, 5.74) is 1.38. The number of ether oxygens (including phenoxy) is 1. The predicted octanol–water partition coefficient (Wildman–Crippen LogP) is 3.95. The molecule has 3 rings (SSSR count). The van der Waals surface area contributed by atoms with Crippen molar-refractivity contribution in [2.24, 2.45) is 0 Å². The number of carbonyl (C=O) groups is 1. The fourth-order valence-electron chi connectivity index (χ4n) is 3.29. The molecule has 1 aromatic carbocycles. The Balaban J connectivity index is 1.75. The standard InChI is InChI=1S/C22H25F3N6O2/c1-14-7-15(9-17(8-14)28-20-26-6-5-18(29-20)22(23,24)25)16-10-27-31(11-16)12-19(32)30-21(2,3)13-33-4/h5-11H,12-13H2,1-4H3,(H,30,32)(H,26,28,29). The summed E-state index contributed by atoms with van der Waals surface area (Å²) in [5, 5.41) is 9.95. The average molecular weight is 462 g/mol. The number of halogens is 3. The Kier molecular flexibility index (Phi) is 7.01. The van der Waals surface area contributed by atoms with Crippen LogP contribution in [0.25, 0.3) is 11.1 Å². The van der Waals surface area contributed by atoms with Crippen LogP contribution in [0.15, 0.2) is 42.9 Å². The van der Waals surface area contributed by atoms with Crippen molar-refractivity contribution in [1.82, 2.24) is 25.1 Å². The summed E-state index contributed by atoms with van der Waals surface area (Å²) in [7, 11) is 1.57. The van der Waals surface area contributed by atoms with Gasteiger partial charge in [0, 0.05) is 30.8 Å². The van der Waals surface area contributed by atoms with Crippen molar-refractivity contribution in [3.8, 4) is 11.1 Å². The highest BCUT2D eigenvalue weighted by Gasteiger charge is 2.32. The minimum atomic E-state index is -4.56. The second-order valence-corrected chi connectivity index (χ2v) is 8.27. The molecule has 2 aromatic heterocycles. The van der Waals surface area contributed by atoms with Gasteiger partial charge in [-0.15, -0.1) is 0 Å². The molecular formula is C22H25F3N6O2. The van der Waals surface area contributed by atoms with Crippen molar-refractivity contribution in [3.63, 3.8) is 0 Å². The van der Waals surface area contributed by atoms with Crippen molar-refractivity contribution in [3.05, 3.63) is 54.1 Å². The van der Waals surface area contributed by atoms with E-state index >= 15 is 0 Å². The molecule has 0 aliphatic carbocycles. The monoisotopic (exact) mass is 462 g/mol. The normalized spacial score (nSPS) is 12.0. The lowest BCUT2D eigenvalue weighted by atomic mass is 10.1. The van der Waals surface area contributed by atoms with Crippen LogP contribution in [0.5, 0.6) is 0 Å². The van der Waals surface area contributed by atoms with Crippen LogP contribution in [0.3, 0.4) is 0 Å². The molecule has 3 aromatic rings. The van der Waals surface area contributed by atoms with Gasteiger partial charge >= 0.3 is 6.18 Å². The van der Waals surface area contributed by atoms with E-state index in [1.165, 1.54) is 4.68 Å². The molecule has 33 heavy (non-hydrogen) atoms. The number of carbonyl (C=O) groups excluding carboxylic acids is 1. The van der Waals surface area contributed by atoms with Gasteiger partial charge in [0.1, 0.15) is 12.2 Å². The van der Waals surface area contributed by atoms with Crippen molar-refractivity contribution in [2.75, 3.05) is 19.0 Å². The van der Waals surface area contributed by atoms with E-state index in [0.29, 0.717) is 12.3 Å². The zero-order valence-electron chi connectivity index (χ0n) is 18.7. The SMILES string of the molecule is COCC(C)(C)NC(=O)Cn1cc(-c2cc(C)cc(Nc3nccc(C(F)(F)F)n3)c2)cn1. The summed E-state index contributed by atoms with van der Waals surface area (Å²) >= 11 is 0. The second kappa shape index (κ2) is 9.57. The molecule has 0 aliphatic heterocycles. The maximum absolute atomic E-state index is 12.9. The lowest BCUT2D eigenvalue weighted by Crippen LogP contribution is -2.47. The first-order valence-corrected chi connectivity index (χ1v) is 10.1. The number of rotatable bonds is 8. The Morgan fingerprint density at radius 1 is 1.18 bits per heavy atom. The van der Waals surface area contributed by atoms with E-state index in [9.17, 15) is 18.0 Å². The average Bonchev–Trinajstić information content (AvgIpc) is 3.15. The number of methoxy groups -OCH3 is 1. The summed E-state index contributed by atoms with van der Waals surface area (Å²) in [6.45, 7) is 5.98. The number of hydrogen-bond acceptors (Lipinski definition) is 6. The molecule has 11 heteroatoms. The quantitative estimate of drug-likeness (QED) is 0.527. The number of nitrogens with one attached hydrogen (secondary N) is 2. The Labute approximate surface area is 189 Å². The van der Waals surface area contributed by atoms with Gasteiger partial charge in [0.05, 0.1) is 18.3 Å².